The van der Waals surface area contributed by atoms with Gasteiger partial charge in [0.25, 0.3) is 0 Å². The fourth-order valence-electron chi connectivity index (χ4n) is 3.31. The van der Waals surface area contributed by atoms with Crippen molar-refractivity contribution in [3.63, 3.8) is 0 Å². The molecule has 2 aliphatic rings. The van der Waals surface area contributed by atoms with E-state index in [2.05, 4.69) is 23.5 Å². The van der Waals surface area contributed by atoms with Gasteiger partial charge in [0.1, 0.15) is 5.67 Å². The lowest BCUT2D eigenvalue weighted by atomic mass is 9.85. The Morgan fingerprint density at radius 1 is 1.27 bits per heavy atom. The molecular formula is C19H30FNO. The van der Waals surface area contributed by atoms with Gasteiger partial charge >= 0.3 is 0 Å². The van der Waals surface area contributed by atoms with Gasteiger partial charge in [-0.3, -0.25) is 4.79 Å². The number of nitrogens with one attached hydrogen (secondary N) is 1. The van der Waals surface area contributed by atoms with Crippen molar-refractivity contribution in [1.29, 1.82) is 0 Å². The van der Waals surface area contributed by atoms with E-state index in [1.165, 1.54) is 18.4 Å². The highest BCUT2D eigenvalue weighted by molar-refractivity contribution is 5.76. The minimum absolute atomic E-state index is 0.143. The Morgan fingerprint density at radius 3 is 2.73 bits per heavy atom. The van der Waals surface area contributed by atoms with Crippen molar-refractivity contribution >= 4 is 5.91 Å². The number of carbonyl (C=O) groups excluding carboxylic acids is 1. The summed E-state index contributed by atoms with van der Waals surface area (Å²) in [4.78, 5) is 11.9. The standard InChI is InChI=1S/C19H30FNO/c1-19(20)14-12-17(13-15-19)21-18(22)11-7-3-6-10-16-8-4-2-5-9-16/h4,8-9,17H,2-3,5-7,10-15H2,1H3,(H,21,22). The molecule has 22 heavy (non-hydrogen) atoms. The highest BCUT2D eigenvalue weighted by Crippen LogP contribution is 2.31. The van der Waals surface area contributed by atoms with E-state index in [1.54, 1.807) is 6.92 Å². The molecule has 0 aromatic heterocycles. The molecule has 124 valence electrons. The molecule has 2 rings (SSSR count). The fourth-order valence-corrected chi connectivity index (χ4v) is 3.31. The van der Waals surface area contributed by atoms with Gasteiger partial charge in [0.2, 0.25) is 5.91 Å². The number of rotatable bonds is 7. The average Bonchev–Trinajstić information content (AvgIpc) is 2.50. The maximum Gasteiger partial charge on any atom is 0.220 e. The second-order valence-electron chi connectivity index (χ2n) is 7.07. The normalized spacial score (nSPS) is 28.3. The Morgan fingerprint density at radius 2 is 2.05 bits per heavy atom. The number of hydrogen-bond donors (Lipinski definition) is 1. The molecule has 2 nitrogen and oxygen atoms in total. The topological polar surface area (TPSA) is 29.1 Å². The summed E-state index contributed by atoms with van der Waals surface area (Å²) < 4.78 is 13.7. The van der Waals surface area contributed by atoms with E-state index in [0.717, 1.165) is 38.5 Å². The third-order valence-corrected chi connectivity index (χ3v) is 4.83. The molecule has 0 aromatic rings. The molecule has 1 N–H and O–H groups in total. The first-order valence-electron chi connectivity index (χ1n) is 8.89. The number of hydrogen-bond acceptors (Lipinski definition) is 1. The molecule has 3 heteroatoms. The summed E-state index contributed by atoms with van der Waals surface area (Å²) in [6.45, 7) is 1.67. The second kappa shape index (κ2) is 8.50. The van der Waals surface area contributed by atoms with Crippen LogP contribution in [0.5, 0.6) is 0 Å². The third-order valence-electron chi connectivity index (χ3n) is 4.83. The van der Waals surface area contributed by atoms with Crippen LogP contribution in [0.3, 0.4) is 0 Å². The number of halogens is 1. The maximum atomic E-state index is 13.7. The van der Waals surface area contributed by atoms with Gasteiger partial charge in [-0.15, -0.1) is 0 Å². The molecule has 0 atom stereocenters. The van der Waals surface area contributed by atoms with E-state index in [0.29, 0.717) is 19.3 Å². The summed E-state index contributed by atoms with van der Waals surface area (Å²) in [5, 5.41) is 3.07. The molecule has 0 heterocycles. The van der Waals surface area contributed by atoms with Gasteiger partial charge in [-0.1, -0.05) is 30.2 Å². The SMILES string of the molecule is CC1(F)CCC(NC(=O)CCCCCC2=CCCC=C2)CC1. The molecule has 1 amide bonds. The number of allylic oxidation sites excluding steroid dienone is 4. The van der Waals surface area contributed by atoms with Crippen LogP contribution in [-0.2, 0) is 4.79 Å². The Hall–Kier alpha value is -1.12. The van der Waals surface area contributed by atoms with Gasteiger partial charge < -0.3 is 5.32 Å². The molecule has 0 aliphatic heterocycles. The van der Waals surface area contributed by atoms with Crippen molar-refractivity contribution in [3.05, 3.63) is 23.8 Å². The van der Waals surface area contributed by atoms with Crippen LogP contribution >= 0.6 is 0 Å². The van der Waals surface area contributed by atoms with E-state index in [-0.39, 0.29) is 11.9 Å². The van der Waals surface area contributed by atoms with Gasteiger partial charge in [0.15, 0.2) is 0 Å². The smallest absolute Gasteiger partial charge is 0.220 e. The summed E-state index contributed by atoms with van der Waals surface area (Å²) in [6, 6.07) is 0.189. The molecule has 0 unspecified atom stereocenters. The van der Waals surface area contributed by atoms with Crippen LogP contribution in [0.2, 0.25) is 0 Å². The minimum Gasteiger partial charge on any atom is -0.353 e. The van der Waals surface area contributed by atoms with E-state index in [1.807, 2.05) is 0 Å². The van der Waals surface area contributed by atoms with Crippen LogP contribution < -0.4 is 5.32 Å². The lowest BCUT2D eigenvalue weighted by Gasteiger charge is -2.31. The molecule has 1 fully saturated rings. The molecule has 2 aliphatic carbocycles. The van der Waals surface area contributed by atoms with Crippen LogP contribution in [0.1, 0.15) is 77.6 Å². The number of alkyl halides is 1. The van der Waals surface area contributed by atoms with Gasteiger partial charge in [0.05, 0.1) is 0 Å². The van der Waals surface area contributed by atoms with Gasteiger partial charge in [-0.05, 0) is 64.7 Å². The molecule has 1 saturated carbocycles. The van der Waals surface area contributed by atoms with E-state index >= 15 is 0 Å². The first-order chi connectivity index (χ1) is 10.6. The van der Waals surface area contributed by atoms with Gasteiger partial charge in [-0.25, -0.2) is 4.39 Å². The van der Waals surface area contributed by atoms with Crippen LogP contribution in [0.25, 0.3) is 0 Å². The van der Waals surface area contributed by atoms with E-state index in [9.17, 15) is 9.18 Å². The van der Waals surface area contributed by atoms with Crippen molar-refractivity contribution in [2.75, 3.05) is 0 Å². The molecule has 0 spiro atoms. The van der Waals surface area contributed by atoms with Crippen molar-refractivity contribution in [2.45, 2.75) is 89.3 Å². The maximum absolute atomic E-state index is 13.7. The van der Waals surface area contributed by atoms with Crippen LogP contribution in [0, 0.1) is 0 Å². The number of amides is 1. The fraction of sp³-hybridized carbons (Fsp3) is 0.737. The lowest BCUT2D eigenvalue weighted by Crippen LogP contribution is -2.40. The monoisotopic (exact) mass is 307 g/mol. The average molecular weight is 307 g/mol. The zero-order valence-electron chi connectivity index (χ0n) is 13.9. The summed E-state index contributed by atoms with van der Waals surface area (Å²) in [5.41, 5.74) is 0.427. The van der Waals surface area contributed by atoms with Crippen LogP contribution in [0.4, 0.5) is 4.39 Å². The van der Waals surface area contributed by atoms with Crippen molar-refractivity contribution in [1.82, 2.24) is 5.32 Å². The minimum atomic E-state index is -1.02. The van der Waals surface area contributed by atoms with Gasteiger partial charge in [0, 0.05) is 12.5 Å². The second-order valence-corrected chi connectivity index (χ2v) is 7.07. The van der Waals surface area contributed by atoms with Crippen molar-refractivity contribution in [2.24, 2.45) is 0 Å². The molecule has 0 saturated heterocycles. The molecular weight excluding hydrogens is 277 g/mol. The summed E-state index contributed by atoms with van der Waals surface area (Å²) in [5.74, 6) is 0.143. The lowest BCUT2D eigenvalue weighted by molar-refractivity contribution is -0.122. The number of unbranched alkanes of at least 4 members (excludes halogenated alkanes) is 2. The first kappa shape index (κ1) is 17.2. The van der Waals surface area contributed by atoms with E-state index < -0.39 is 5.67 Å². The highest BCUT2D eigenvalue weighted by Gasteiger charge is 2.30. The molecule has 0 aromatic carbocycles. The number of carbonyl (C=O) groups is 1. The Bertz CT molecular complexity index is 415. The largest absolute Gasteiger partial charge is 0.353 e. The summed E-state index contributed by atoms with van der Waals surface area (Å²) in [7, 11) is 0. The van der Waals surface area contributed by atoms with Crippen molar-refractivity contribution in [3.8, 4) is 0 Å². The Kier molecular flexibility index (Phi) is 6.66. The Balaban J connectivity index is 1.51. The predicted molar refractivity (Wildman–Crippen MR) is 89.5 cm³/mol. The van der Waals surface area contributed by atoms with Crippen LogP contribution in [-0.4, -0.2) is 17.6 Å². The van der Waals surface area contributed by atoms with Crippen LogP contribution in [0.15, 0.2) is 23.8 Å². The summed E-state index contributed by atoms with van der Waals surface area (Å²) >= 11 is 0. The zero-order chi connectivity index (χ0) is 15.8. The highest BCUT2D eigenvalue weighted by atomic mass is 19.1. The van der Waals surface area contributed by atoms with Gasteiger partial charge in [-0.2, -0.15) is 0 Å². The summed E-state index contributed by atoms with van der Waals surface area (Å²) in [6.07, 6.45) is 16.8. The first-order valence-corrected chi connectivity index (χ1v) is 8.89. The quantitative estimate of drug-likeness (QED) is 0.659. The Labute approximate surface area is 134 Å². The third kappa shape index (κ3) is 6.33. The zero-order valence-corrected chi connectivity index (χ0v) is 13.9. The molecule has 0 radical (unpaired) electrons. The van der Waals surface area contributed by atoms with Crippen molar-refractivity contribution < 1.29 is 9.18 Å². The molecule has 0 bridgehead atoms. The van der Waals surface area contributed by atoms with E-state index in [4.69, 9.17) is 0 Å². The predicted octanol–water partition coefficient (Wildman–Crippen LogP) is 5.00.